The Morgan fingerprint density at radius 3 is 2.73 bits per heavy atom. The molecule has 2 N–H and O–H groups in total. The van der Waals surface area contributed by atoms with Crippen LogP contribution in [-0.2, 0) is 0 Å². The van der Waals surface area contributed by atoms with Gasteiger partial charge in [-0.3, -0.25) is 4.79 Å². The van der Waals surface area contributed by atoms with Crippen molar-refractivity contribution in [3.8, 4) is 0 Å². The third kappa shape index (κ3) is 1.87. The first kappa shape index (κ1) is 7.93. The summed E-state index contributed by atoms with van der Waals surface area (Å²) >= 11 is 1.35. The van der Waals surface area contributed by atoms with Crippen LogP contribution in [0.5, 0.6) is 0 Å². The van der Waals surface area contributed by atoms with Crippen LogP contribution in [0.25, 0.3) is 0 Å². The molecule has 1 heterocycles. The lowest BCUT2D eigenvalue weighted by atomic mass is 10.5. The molecule has 1 aromatic heterocycles. The monoisotopic (exact) mass is 170 g/mol. The van der Waals surface area contributed by atoms with Gasteiger partial charge in [-0.25, -0.2) is 4.98 Å². The number of thioether (sulfide) groups is 1. The first-order valence-electron chi connectivity index (χ1n) is 2.77. The summed E-state index contributed by atoms with van der Waals surface area (Å²) in [6.07, 6.45) is 3.13. The molecule has 1 aromatic rings. The molecule has 0 aliphatic heterocycles. The fourth-order valence-corrected chi connectivity index (χ4v) is 0.752. The van der Waals surface area contributed by atoms with E-state index in [9.17, 15) is 4.79 Å². The summed E-state index contributed by atoms with van der Waals surface area (Å²) in [5, 5.41) is 7.68. The number of hydrogen-bond donors (Lipinski definition) is 1. The van der Waals surface area contributed by atoms with Gasteiger partial charge in [-0.15, -0.1) is 10.2 Å². The molecule has 58 valence electrons. The molecular formula is C5H6N4OS. The Bertz CT molecular complexity index is 260. The van der Waals surface area contributed by atoms with Crippen LogP contribution in [0.3, 0.4) is 0 Å². The van der Waals surface area contributed by atoms with E-state index in [1.165, 1.54) is 18.0 Å². The number of nitrogens with two attached hydrogens (primary N) is 1. The number of rotatable bonds is 2. The third-order valence-electron chi connectivity index (χ3n) is 0.976. The van der Waals surface area contributed by atoms with E-state index < -0.39 is 5.91 Å². The molecule has 0 radical (unpaired) electrons. The zero-order valence-electron chi connectivity index (χ0n) is 5.81. The minimum atomic E-state index is -0.613. The Morgan fingerprint density at radius 2 is 2.36 bits per heavy atom. The van der Waals surface area contributed by atoms with E-state index in [1.807, 2.05) is 6.26 Å². The Hall–Kier alpha value is -1.17. The van der Waals surface area contributed by atoms with Crippen LogP contribution in [0.15, 0.2) is 11.4 Å². The lowest BCUT2D eigenvalue weighted by molar-refractivity contribution is 0.0993. The van der Waals surface area contributed by atoms with Crippen LogP contribution in [0.1, 0.15) is 10.5 Å². The number of nitrogens with zero attached hydrogens (tertiary/aromatic N) is 3. The van der Waals surface area contributed by atoms with Crippen molar-refractivity contribution in [3.05, 3.63) is 11.9 Å². The summed E-state index contributed by atoms with van der Waals surface area (Å²) < 4.78 is 0. The Balaban J connectivity index is 2.91. The molecule has 0 atom stereocenters. The second-order valence-corrected chi connectivity index (χ2v) is 2.47. The number of carbonyl (C=O) groups excluding carboxylic acids is 1. The van der Waals surface area contributed by atoms with Crippen LogP contribution in [0.4, 0.5) is 0 Å². The molecule has 0 bridgehead atoms. The topological polar surface area (TPSA) is 81.8 Å². The van der Waals surface area contributed by atoms with Crippen molar-refractivity contribution in [1.29, 1.82) is 0 Å². The number of amides is 1. The molecule has 0 aliphatic carbocycles. The highest BCUT2D eigenvalue weighted by molar-refractivity contribution is 7.98. The zero-order chi connectivity index (χ0) is 8.27. The molecule has 0 fully saturated rings. The van der Waals surface area contributed by atoms with E-state index in [-0.39, 0.29) is 5.69 Å². The highest BCUT2D eigenvalue weighted by Gasteiger charge is 2.02. The van der Waals surface area contributed by atoms with Crippen LogP contribution >= 0.6 is 11.8 Å². The summed E-state index contributed by atoms with van der Waals surface area (Å²) in [6.45, 7) is 0. The van der Waals surface area contributed by atoms with Gasteiger partial charge in [-0.05, 0) is 6.26 Å². The maximum atomic E-state index is 10.5. The van der Waals surface area contributed by atoms with Gasteiger partial charge in [0, 0.05) is 0 Å². The van der Waals surface area contributed by atoms with Gasteiger partial charge in [-0.2, -0.15) is 0 Å². The predicted molar refractivity (Wildman–Crippen MR) is 40.1 cm³/mol. The SMILES string of the molecule is CSc1ncc(C(N)=O)nn1. The smallest absolute Gasteiger partial charge is 0.270 e. The number of primary amides is 1. The summed E-state index contributed by atoms with van der Waals surface area (Å²) in [5.74, 6) is -0.613. The van der Waals surface area contributed by atoms with Gasteiger partial charge < -0.3 is 5.73 Å². The third-order valence-corrected chi connectivity index (χ3v) is 1.53. The van der Waals surface area contributed by atoms with E-state index >= 15 is 0 Å². The number of carbonyl (C=O) groups is 1. The molecular weight excluding hydrogens is 164 g/mol. The minimum Gasteiger partial charge on any atom is -0.364 e. The average molecular weight is 170 g/mol. The van der Waals surface area contributed by atoms with Crippen LogP contribution in [0, 0.1) is 0 Å². The number of hydrogen-bond acceptors (Lipinski definition) is 5. The normalized spacial score (nSPS) is 9.55. The molecule has 0 spiro atoms. The van der Waals surface area contributed by atoms with E-state index in [0.29, 0.717) is 5.16 Å². The van der Waals surface area contributed by atoms with Gasteiger partial charge in [0.25, 0.3) is 5.91 Å². The second kappa shape index (κ2) is 3.29. The average Bonchev–Trinajstić information content (AvgIpc) is 2.05. The second-order valence-electron chi connectivity index (χ2n) is 1.69. The van der Waals surface area contributed by atoms with Crippen molar-refractivity contribution in [3.63, 3.8) is 0 Å². The molecule has 6 heteroatoms. The van der Waals surface area contributed by atoms with Gasteiger partial charge in [0.15, 0.2) is 5.69 Å². The van der Waals surface area contributed by atoms with Crippen LogP contribution in [-0.4, -0.2) is 27.3 Å². The molecule has 1 rings (SSSR count). The largest absolute Gasteiger partial charge is 0.364 e. The maximum absolute atomic E-state index is 10.5. The van der Waals surface area contributed by atoms with Crippen molar-refractivity contribution in [2.24, 2.45) is 5.73 Å². The summed E-state index contributed by atoms with van der Waals surface area (Å²) in [7, 11) is 0. The summed E-state index contributed by atoms with van der Waals surface area (Å²) in [6, 6.07) is 0. The summed E-state index contributed by atoms with van der Waals surface area (Å²) in [5.41, 5.74) is 5.00. The van der Waals surface area contributed by atoms with Crippen molar-refractivity contribution in [1.82, 2.24) is 15.2 Å². The van der Waals surface area contributed by atoms with Gasteiger partial charge in [0.2, 0.25) is 5.16 Å². The predicted octanol–water partition coefficient (Wildman–Crippen LogP) is -0.308. The van der Waals surface area contributed by atoms with Crippen LogP contribution in [0.2, 0.25) is 0 Å². The molecule has 1 amide bonds. The fraction of sp³-hybridized carbons (Fsp3) is 0.200. The van der Waals surface area contributed by atoms with Crippen molar-refractivity contribution < 1.29 is 4.79 Å². The molecule has 11 heavy (non-hydrogen) atoms. The summed E-state index contributed by atoms with van der Waals surface area (Å²) in [4.78, 5) is 14.3. The first-order valence-corrected chi connectivity index (χ1v) is 4.00. The van der Waals surface area contributed by atoms with Gasteiger partial charge in [-0.1, -0.05) is 11.8 Å². The van der Waals surface area contributed by atoms with E-state index in [2.05, 4.69) is 15.2 Å². The van der Waals surface area contributed by atoms with Gasteiger partial charge >= 0.3 is 0 Å². The lowest BCUT2D eigenvalue weighted by Crippen LogP contribution is -2.14. The quantitative estimate of drug-likeness (QED) is 0.616. The Morgan fingerprint density at radius 1 is 1.64 bits per heavy atom. The molecule has 0 aromatic carbocycles. The fourth-order valence-electron chi connectivity index (χ4n) is 0.471. The van der Waals surface area contributed by atoms with Crippen molar-refractivity contribution in [2.45, 2.75) is 5.16 Å². The molecule has 5 nitrogen and oxygen atoms in total. The molecule has 0 saturated carbocycles. The first-order chi connectivity index (χ1) is 5.24. The van der Waals surface area contributed by atoms with Crippen molar-refractivity contribution in [2.75, 3.05) is 6.26 Å². The molecule has 0 saturated heterocycles. The number of aromatic nitrogens is 3. The Kier molecular flexibility index (Phi) is 2.37. The lowest BCUT2D eigenvalue weighted by Gasteiger charge is -1.92. The molecule has 0 aliphatic rings. The minimum absolute atomic E-state index is 0.0859. The van der Waals surface area contributed by atoms with Crippen LogP contribution < -0.4 is 5.73 Å². The highest BCUT2D eigenvalue weighted by atomic mass is 32.2. The van der Waals surface area contributed by atoms with Crippen molar-refractivity contribution >= 4 is 17.7 Å². The maximum Gasteiger partial charge on any atom is 0.270 e. The van der Waals surface area contributed by atoms with E-state index in [0.717, 1.165) is 0 Å². The molecule has 0 unspecified atom stereocenters. The van der Waals surface area contributed by atoms with Gasteiger partial charge in [0.1, 0.15) is 0 Å². The van der Waals surface area contributed by atoms with Gasteiger partial charge in [0.05, 0.1) is 6.20 Å². The Labute approximate surface area is 67.4 Å². The van der Waals surface area contributed by atoms with E-state index in [4.69, 9.17) is 5.73 Å². The zero-order valence-corrected chi connectivity index (χ0v) is 6.63. The standard InChI is InChI=1S/C5H6N4OS/c1-11-5-7-2-3(4(6)10)8-9-5/h2H,1H3,(H2,6,10). The highest BCUT2D eigenvalue weighted by Crippen LogP contribution is 2.04. The van der Waals surface area contributed by atoms with E-state index in [1.54, 1.807) is 0 Å².